The molecule has 1 fully saturated rings. The van der Waals surface area contributed by atoms with Crippen LogP contribution in [0.5, 0.6) is 0 Å². The first-order chi connectivity index (χ1) is 7.20. The number of halogens is 1. The lowest BCUT2D eigenvalue weighted by atomic mass is 9.94. The minimum atomic E-state index is -0.523. The topological polar surface area (TPSA) is 55.5 Å². The fourth-order valence-electron chi connectivity index (χ4n) is 1.87. The highest BCUT2D eigenvalue weighted by molar-refractivity contribution is 9.10. The largest absolute Gasteiger partial charge is 0.398 e. The van der Waals surface area contributed by atoms with Crippen LogP contribution in [0.2, 0.25) is 0 Å². The molecule has 1 aliphatic rings. The average Bonchev–Trinajstić information content (AvgIpc) is 2.74. The smallest absolute Gasteiger partial charge is 0.0861 e. The fourth-order valence-corrected chi connectivity index (χ4v) is 2.25. The number of para-hydroxylation sites is 1. The van der Waals surface area contributed by atoms with Gasteiger partial charge in [-0.2, -0.15) is 0 Å². The Morgan fingerprint density at radius 3 is 3.00 bits per heavy atom. The Bertz CT molecular complexity index is 350. The number of nitrogen functional groups attached to an aromatic ring is 1. The van der Waals surface area contributed by atoms with Gasteiger partial charge in [-0.1, -0.05) is 12.1 Å². The molecular formula is C11H14BrNO2. The molecule has 0 aliphatic carbocycles. The van der Waals surface area contributed by atoms with Crippen molar-refractivity contribution in [3.63, 3.8) is 0 Å². The van der Waals surface area contributed by atoms with Crippen LogP contribution >= 0.6 is 15.9 Å². The molecule has 1 heterocycles. The summed E-state index contributed by atoms with van der Waals surface area (Å²) in [5.74, 6) is 0.168. The monoisotopic (exact) mass is 271 g/mol. The first-order valence-corrected chi connectivity index (χ1v) is 5.79. The van der Waals surface area contributed by atoms with Crippen LogP contribution in [-0.2, 0) is 4.74 Å². The van der Waals surface area contributed by atoms with Crippen LogP contribution < -0.4 is 5.73 Å². The lowest BCUT2D eigenvalue weighted by Crippen LogP contribution is -2.14. The molecule has 0 saturated carbocycles. The summed E-state index contributed by atoms with van der Waals surface area (Å²) >= 11 is 3.36. The van der Waals surface area contributed by atoms with Crippen molar-refractivity contribution in [1.29, 1.82) is 0 Å². The summed E-state index contributed by atoms with van der Waals surface area (Å²) in [5, 5.41) is 10.1. The Hall–Kier alpha value is -0.580. The molecule has 1 aromatic rings. The van der Waals surface area contributed by atoms with E-state index in [1.54, 1.807) is 0 Å². The molecule has 2 atom stereocenters. The molecule has 15 heavy (non-hydrogen) atoms. The maximum absolute atomic E-state index is 10.1. The van der Waals surface area contributed by atoms with Gasteiger partial charge in [0.15, 0.2) is 0 Å². The first-order valence-electron chi connectivity index (χ1n) is 5.00. The van der Waals surface area contributed by atoms with Gasteiger partial charge in [0.2, 0.25) is 0 Å². The van der Waals surface area contributed by atoms with E-state index in [1.807, 2.05) is 18.2 Å². The van der Waals surface area contributed by atoms with E-state index in [2.05, 4.69) is 15.9 Å². The van der Waals surface area contributed by atoms with Crippen molar-refractivity contribution in [2.75, 3.05) is 18.9 Å². The number of hydrogen-bond donors (Lipinski definition) is 2. The summed E-state index contributed by atoms with van der Waals surface area (Å²) in [6, 6.07) is 5.62. The van der Waals surface area contributed by atoms with Gasteiger partial charge in [0.05, 0.1) is 18.4 Å². The standard InChI is InChI=1S/C11H14BrNO2/c12-9-3-1-2-8(10(9)13)11(14)7-4-5-15-6-7/h1-3,7,11,14H,4-6,13H2. The van der Waals surface area contributed by atoms with Crippen LogP contribution in [0, 0.1) is 5.92 Å². The normalized spacial score (nSPS) is 22.9. The molecule has 0 aromatic heterocycles. The number of aliphatic hydroxyl groups excluding tert-OH is 1. The van der Waals surface area contributed by atoms with Crippen molar-refractivity contribution in [2.45, 2.75) is 12.5 Å². The molecule has 0 spiro atoms. The van der Waals surface area contributed by atoms with Gasteiger partial charge in [0, 0.05) is 22.6 Å². The number of rotatable bonds is 2. The molecule has 0 radical (unpaired) electrons. The molecule has 2 unspecified atom stereocenters. The Kier molecular flexibility index (Phi) is 3.29. The molecule has 0 bridgehead atoms. The number of aliphatic hydroxyl groups is 1. The minimum absolute atomic E-state index is 0.168. The SMILES string of the molecule is Nc1c(Br)cccc1C(O)C1CCOC1. The average molecular weight is 272 g/mol. The van der Waals surface area contributed by atoms with Crippen molar-refractivity contribution in [1.82, 2.24) is 0 Å². The molecule has 82 valence electrons. The molecule has 3 nitrogen and oxygen atoms in total. The molecule has 2 rings (SSSR count). The third-order valence-electron chi connectivity index (χ3n) is 2.82. The van der Waals surface area contributed by atoms with Gasteiger partial charge in [-0.05, 0) is 28.4 Å². The second kappa shape index (κ2) is 4.51. The quantitative estimate of drug-likeness (QED) is 0.811. The predicted molar refractivity (Wildman–Crippen MR) is 62.4 cm³/mol. The Balaban J connectivity index is 2.24. The van der Waals surface area contributed by atoms with Crippen molar-refractivity contribution in [3.8, 4) is 0 Å². The summed E-state index contributed by atoms with van der Waals surface area (Å²) in [4.78, 5) is 0. The summed E-state index contributed by atoms with van der Waals surface area (Å²) in [5.41, 5.74) is 7.32. The van der Waals surface area contributed by atoms with Gasteiger partial charge >= 0.3 is 0 Å². The number of hydrogen-bond acceptors (Lipinski definition) is 3. The number of benzene rings is 1. The second-order valence-electron chi connectivity index (χ2n) is 3.81. The lowest BCUT2D eigenvalue weighted by molar-refractivity contribution is 0.0923. The van der Waals surface area contributed by atoms with Crippen molar-refractivity contribution < 1.29 is 9.84 Å². The number of anilines is 1. The minimum Gasteiger partial charge on any atom is -0.398 e. The van der Waals surface area contributed by atoms with Crippen LogP contribution in [0.3, 0.4) is 0 Å². The number of ether oxygens (including phenoxy) is 1. The highest BCUT2D eigenvalue weighted by atomic mass is 79.9. The van der Waals surface area contributed by atoms with Gasteiger partial charge in [-0.15, -0.1) is 0 Å². The van der Waals surface area contributed by atoms with Gasteiger partial charge in [-0.3, -0.25) is 0 Å². The van der Waals surface area contributed by atoms with E-state index in [0.29, 0.717) is 12.3 Å². The van der Waals surface area contributed by atoms with Crippen LogP contribution in [0.1, 0.15) is 18.1 Å². The van der Waals surface area contributed by atoms with Crippen LogP contribution in [-0.4, -0.2) is 18.3 Å². The van der Waals surface area contributed by atoms with E-state index in [-0.39, 0.29) is 5.92 Å². The maximum Gasteiger partial charge on any atom is 0.0861 e. The van der Waals surface area contributed by atoms with Crippen molar-refractivity contribution in [3.05, 3.63) is 28.2 Å². The maximum atomic E-state index is 10.1. The Morgan fingerprint density at radius 2 is 2.33 bits per heavy atom. The summed E-state index contributed by atoms with van der Waals surface area (Å²) in [6.45, 7) is 1.35. The molecule has 3 N–H and O–H groups in total. The van der Waals surface area contributed by atoms with Gasteiger partial charge in [0.1, 0.15) is 0 Å². The molecule has 1 saturated heterocycles. The summed E-state index contributed by atoms with van der Waals surface area (Å²) in [6.07, 6.45) is 0.373. The van der Waals surface area contributed by atoms with E-state index in [1.165, 1.54) is 0 Å². The third kappa shape index (κ3) is 2.17. The van der Waals surface area contributed by atoms with E-state index < -0.39 is 6.10 Å². The van der Waals surface area contributed by atoms with Crippen LogP contribution in [0.15, 0.2) is 22.7 Å². The summed E-state index contributed by atoms with van der Waals surface area (Å²) < 4.78 is 6.09. The van der Waals surface area contributed by atoms with Gasteiger partial charge in [0.25, 0.3) is 0 Å². The summed E-state index contributed by atoms with van der Waals surface area (Å²) in [7, 11) is 0. The Morgan fingerprint density at radius 1 is 1.53 bits per heavy atom. The predicted octanol–water partition coefficient (Wildman–Crippen LogP) is 2.10. The van der Waals surface area contributed by atoms with Crippen molar-refractivity contribution in [2.24, 2.45) is 5.92 Å². The molecule has 1 aromatic carbocycles. The first kappa shape index (κ1) is 10.9. The molecule has 0 amide bonds. The van der Waals surface area contributed by atoms with E-state index in [9.17, 15) is 5.11 Å². The number of nitrogens with two attached hydrogens (primary N) is 1. The van der Waals surface area contributed by atoms with E-state index >= 15 is 0 Å². The van der Waals surface area contributed by atoms with Gasteiger partial charge < -0.3 is 15.6 Å². The lowest BCUT2D eigenvalue weighted by Gasteiger charge is -2.19. The highest BCUT2D eigenvalue weighted by Crippen LogP contribution is 2.34. The van der Waals surface area contributed by atoms with E-state index in [4.69, 9.17) is 10.5 Å². The molecular weight excluding hydrogens is 258 g/mol. The highest BCUT2D eigenvalue weighted by Gasteiger charge is 2.26. The van der Waals surface area contributed by atoms with Crippen LogP contribution in [0.4, 0.5) is 5.69 Å². The third-order valence-corrected chi connectivity index (χ3v) is 3.51. The van der Waals surface area contributed by atoms with Crippen molar-refractivity contribution >= 4 is 21.6 Å². The van der Waals surface area contributed by atoms with Crippen LogP contribution in [0.25, 0.3) is 0 Å². The van der Waals surface area contributed by atoms with E-state index in [0.717, 1.165) is 23.1 Å². The molecule has 4 heteroatoms. The molecule has 1 aliphatic heterocycles. The fraction of sp³-hybridized carbons (Fsp3) is 0.455. The Labute approximate surface area is 97.4 Å². The second-order valence-corrected chi connectivity index (χ2v) is 4.67. The zero-order chi connectivity index (χ0) is 10.8. The zero-order valence-corrected chi connectivity index (χ0v) is 9.90. The van der Waals surface area contributed by atoms with Gasteiger partial charge in [-0.25, -0.2) is 0 Å². The zero-order valence-electron chi connectivity index (χ0n) is 8.32.